The Balaban J connectivity index is 2.13. The van der Waals surface area contributed by atoms with Gasteiger partial charge in [0.05, 0.1) is 7.11 Å². The monoisotopic (exact) mass is 346 g/mol. The molecule has 2 heterocycles. The van der Waals surface area contributed by atoms with Crippen LogP contribution in [-0.4, -0.2) is 23.0 Å². The number of fused-ring (bicyclic) bond motifs is 1. The van der Waals surface area contributed by atoms with Crippen LogP contribution < -0.4 is 0 Å². The molecular weight excluding hydrogens is 336 g/mol. The van der Waals surface area contributed by atoms with Crippen LogP contribution in [-0.2, 0) is 4.74 Å². The van der Waals surface area contributed by atoms with E-state index in [0.717, 1.165) is 15.6 Å². The van der Waals surface area contributed by atoms with Crippen molar-refractivity contribution in [1.29, 1.82) is 0 Å². The number of methoxy groups -OCH3 is 1. The first-order valence-electron chi connectivity index (χ1n) is 6.21. The summed E-state index contributed by atoms with van der Waals surface area (Å²) < 4.78 is 11.3. The lowest BCUT2D eigenvalue weighted by molar-refractivity contribution is 0.0594. The van der Waals surface area contributed by atoms with E-state index < -0.39 is 5.97 Å². The molecule has 6 heteroatoms. The molecule has 3 aromatic rings. The van der Waals surface area contributed by atoms with Crippen molar-refractivity contribution in [3.8, 4) is 11.5 Å². The van der Waals surface area contributed by atoms with Crippen LogP contribution in [0.15, 0.2) is 39.2 Å². The predicted molar refractivity (Wildman–Crippen MR) is 81.0 cm³/mol. The van der Waals surface area contributed by atoms with E-state index in [1.807, 2.05) is 25.1 Å². The number of aromatic nitrogens is 2. The molecule has 0 N–H and O–H groups in total. The second kappa shape index (κ2) is 5.29. The van der Waals surface area contributed by atoms with E-state index in [0.29, 0.717) is 17.1 Å². The molecule has 106 valence electrons. The number of nitrogens with zero attached hydrogens (tertiary/aromatic N) is 2. The van der Waals surface area contributed by atoms with Crippen molar-refractivity contribution in [2.24, 2.45) is 0 Å². The Hall–Kier alpha value is -2.21. The summed E-state index contributed by atoms with van der Waals surface area (Å²) in [5, 5.41) is 0. The first kappa shape index (κ1) is 13.8. The highest BCUT2D eigenvalue weighted by Crippen LogP contribution is 2.30. The number of oxazole rings is 1. The molecule has 0 amide bonds. The quantitative estimate of drug-likeness (QED) is 0.661. The Bertz CT molecular complexity index is 842. The molecule has 0 atom stereocenters. The molecule has 0 unspecified atom stereocenters. The molecule has 0 fully saturated rings. The summed E-state index contributed by atoms with van der Waals surface area (Å²) in [6.07, 6.45) is 0. The van der Waals surface area contributed by atoms with Gasteiger partial charge in [0, 0.05) is 10.0 Å². The zero-order valence-electron chi connectivity index (χ0n) is 11.4. The van der Waals surface area contributed by atoms with E-state index in [-0.39, 0.29) is 5.69 Å². The van der Waals surface area contributed by atoms with Crippen molar-refractivity contribution in [1.82, 2.24) is 9.97 Å². The van der Waals surface area contributed by atoms with Gasteiger partial charge in [-0.1, -0.05) is 22.0 Å². The molecule has 0 aliphatic rings. The highest BCUT2D eigenvalue weighted by Gasteiger charge is 2.15. The van der Waals surface area contributed by atoms with Crippen LogP contribution in [0.1, 0.15) is 16.1 Å². The number of rotatable bonds is 2. The minimum absolute atomic E-state index is 0.204. The van der Waals surface area contributed by atoms with Crippen LogP contribution >= 0.6 is 15.9 Å². The van der Waals surface area contributed by atoms with E-state index in [2.05, 4.69) is 30.6 Å². The zero-order chi connectivity index (χ0) is 15.0. The maximum absolute atomic E-state index is 11.5. The SMILES string of the molecule is COC(=O)c1ccc2oc(-c3cccc(Br)c3C)nc2n1. The molecule has 0 saturated carbocycles. The maximum atomic E-state index is 11.5. The Labute approximate surface area is 129 Å². The number of carbonyl (C=O) groups excluding carboxylic acids is 1. The van der Waals surface area contributed by atoms with Gasteiger partial charge in [-0.25, -0.2) is 9.78 Å². The Morgan fingerprint density at radius 1 is 1.24 bits per heavy atom. The first-order chi connectivity index (χ1) is 10.1. The second-order valence-corrected chi connectivity index (χ2v) is 5.30. The van der Waals surface area contributed by atoms with Gasteiger partial charge in [-0.05, 0) is 36.8 Å². The molecule has 1 aromatic carbocycles. The third-order valence-corrected chi connectivity index (χ3v) is 4.01. The van der Waals surface area contributed by atoms with Crippen molar-refractivity contribution in [3.05, 3.63) is 46.1 Å². The van der Waals surface area contributed by atoms with Gasteiger partial charge in [0.1, 0.15) is 0 Å². The lowest BCUT2D eigenvalue weighted by atomic mass is 10.1. The number of hydrogen-bond acceptors (Lipinski definition) is 5. The van der Waals surface area contributed by atoms with E-state index in [1.54, 1.807) is 12.1 Å². The fourth-order valence-corrected chi connectivity index (χ4v) is 2.36. The summed E-state index contributed by atoms with van der Waals surface area (Å²) in [5.74, 6) is -0.0293. The summed E-state index contributed by atoms with van der Waals surface area (Å²) in [6.45, 7) is 1.97. The van der Waals surface area contributed by atoms with E-state index in [9.17, 15) is 4.79 Å². The summed E-state index contributed by atoms with van der Waals surface area (Å²) in [6, 6.07) is 9.00. The predicted octanol–water partition coefficient (Wildman–Crippen LogP) is 3.75. The van der Waals surface area contributed by atoms with Crippen LogP contribution in [0.3, 0.4) is 0 Å². The number of ether oxygens (including phenoxy) is 1. The molecule has 0 aliphatic carbocycles. The summed E-state index contributed by atoms with van der Waals surface area (Å²) in [7, 11) is 1.31. The number of pyridine rings is 1. The van der Waals surface area contributed by atoms with E-state index >= 15 is 0 Å². The molecule has 3 rings (SSSR count). The zero-order valence-corrected chi connectivity index (χ0v) is 13.0. The van der Waals surface area contributed by atoms with Crippen LogP contribution in [0.25, 0.3) is 22.7 Å². The third kappa shape index (κ3) is 2.42. The molecule has 5 nitrogen and oxygen atoms in total. The third-order valence-electron chi connectivity index (χ3n) is 3.15. The van der Waals surface area contributed by atoms with Crippen molar-refractivity contribution in [3.63, 3.8) is 0 Å². The van der Waals surface area contributed by atoms with Crippen molar-refractivity contribution in [2.75, 3.05) is 7.11 Å². The molecule has 0 spiro atoms. The van der Waals surface area contributed by atoms with Gasteiger partial charge >= 0.3 is 5.97 Å². The Morgan fingerprint density at radius 3 is 2.81 bits per heavy atom. The van der Waals surface area contributed by atoms with Crippen molar-refractivity contribution >= 4 is 33.1 Å². The number of halogens is 1. The first-order valence-corrected chi connectivity index (χ1v) is 7.01. The van der Waals surface area contributed by atoms with Gasteiger partial charge in [0.25, 0.3) is 0 Å². The summed E-state index contributed by atoms with van der Waals surface area (Å²) >= 11 is 3.48. The van der Waals surface area contributed by atoms with Crippen LogP contribution in [0, 0.1) is 6.92 Å². The smallest absolute Gasteiger partial charge is 0.356 e. The molecule has 2 aromatic heterocycles. The number of hydrogen-bond donors (Lipinski definition) is 0. The van der Waals surface area contributed by atoms with Gasteiger partial charge in [-0.3, -0.25) is 0 Å². The molecular formula is C15H11BrN2O3. The molecule has 21 heavy (non-hydrogen) atoms. The molecule has 0 aliphatic heterocycles. The van der Waals surface area contributed by atoms with Crippen molar-refractivity contribution in [2.45, 2.75) is 6.92 Å². The maximum Gasteiger partial charge on any atom is 0.356 e. The number of esters is 1. The van der Waals surface area contributed by atoms with Crippen LogP contribution in [0.4, 0.5) is 0 Å². The molecule has 0 saturated heterocycles. The normalized spacial score (nSPS) is 10.8. The Kier molecular flexibility index (Phi) is 3.47. The van der Waals surface area contributed by atoms with Gasteiger partial charge in [-0.2, -0.15) is 4.98 Å². The van der Waals surface area contributed by atoms with Gasteiger partial charge < -0.3 is 9.15 Å². The number of benzene rings is 1. The van der Waals surface area contributed by atoms with Crippen LogP contribution in [0.5, 0.6) is 0 Å². The summed E-state index contributed by atoms with van der Waals surface area (Å²) in [5.41, 5.74) is 3.01. The Morgan fingerprint density at radius 2 is 2.05 bits per heavy atom. The summed E-state index contributed by atoms with van der Waals surface area (Å²) in [4.78, 5) is 20.0. The second-order valence-electron chi connectivity index (χ2n) is 4.44. The lowest BCUT2D eigenvalue weighted by Crippen LogP contribution is -2.03. The highest BCUT2D eigenvalue weighted by atomic mass is 79.9. The fourth-order valence-electron chi connectivity index (χ4n) is 1.99. The number of carbonyl (C=O) groups is 1. The highest BCUT2D eigenvalue weighted by molar-refractivity contribution is 9.10. The van der Waals surface area contributed by atoms with E-state index in [4.69, 9.17) is 4.42 Å². The van der Waals surface area contributed by atoms with Gasteiger partial charge in [-0.15, -0.1) is 0 Å². The fraction of sp³-hybridized carbons (Fsp3) is 0.133. The minimum atomic E-state index is -0.500. The standard InChI is InChI=1S/C15H11BrN2O3/c1-8-9(4-3-5-10(8)16)14-18-13-12(21-14)7-6-11(17-13)15(19)20-2/h3-7H,1-2H3. The van der Waals surface area contributed by atoms with Crippen molar-refractivity contribution < 1.29 is 13.9 Å². The average Bonchev–Trinajstić information content (AvgIpc) is 2.91. The van der Waals surface area contributed by atoms with E-state index in [1.165, 1.54) is 7.11 Å². The molecule has 0 bridgehead atoms. The van der Waals surface area contributed by atoms with Gasteiger partial charge in [0.2, 0.25) is 5.89 Å². The minimum Gasteiger partial charge on any atom is -0.464 e. The topological polar surface area (TPSA) is 65.2 Å². The van der Waals surface area contributed by atoms with Crippen LogP contribution in [0.2, 0.25) is 0 Å². The lowest BCUT2D eigenvalue weighted by Gasteiger charge is -2.02. The average molecular weight is 347 g/mol. The van der Waals surface area contributed by atoms with Gasteiger partial charge in [0.15, 0.2) is 16.9 Å². The molecule has 0 radical (unpaired) electrons. The largest absolute Gasteiger partial charge is 0.464 e.